The normalized spacial score (nSPS) is 10.7. The molecule has 0 atom stereocenters. The molecule has 25 heavy (non-hydrogen) atoms. The van der Waals surface area contributed by atoms with E-state index in [1.807, 2.05) is 0 Å². The molecule has 0 radical (unpaired) electrons. The highest BCUT2D eigenvalue weighted by Gasteiger charge is 2.16. The largest absolute Gasteiger partial charge is 0.304 e. The number of nitrogens with one attached hydrogen (secondary N) is 1. The van der Waals surface area contributed by atoms with Gasteiger partial charge in [0.05, 0.1) is 17.1 Å². The van der Waals surface area contributed by atoms with E-state index in [2.05, 4.69) is 10.4 Å². The Balaban J connectivity index is 1.81. The van der Waals surface area contributed by atoms with Gasteiger partial charge in [-0.3, -0.25) is 9.48 Å². The summed E-state index contributed by atoms with van der Waals surface area (Å²) in [6, 6.07) is 11.0. The maximum atomic E-state index is 13.9. The van der Waals surface area contributed by atoms with Gasteiger partial charge in [-0.2, -0.15) is 5.10 Å². The van der Waals surface area contributed by atoms with Crippen LogP contribution in [-0.2, 0) is 6.54 Å². The highest BCUT2D eigenvalue weighted by Crippen LogP contribution is 2.25. The van der Waals surface area contributed by atoms with Crippen LogP contribution < -0.4 is 5.32 Å². The summed E-state index contributed by atoms with van der Waals surface area (Å²) in [6.45, 7) is 0.0766. The summed E-state index contributed by atoms with van der Waals surface area (Å²) in [4.78, 5) is 12.3. The zero-order valence-electron chi connectivity index (χ0n) is 12.6. The van der Waals surface area contributed by atoms with Crippen molar-refractivity contribution in [3.05, 3.63) is 80.7 Å². The molecule has 0 aliphatic rings. The third-order valence-corrected chi connectivity index (χ3v) is 4.41. The molecule has 0 fully saturated rings. The maximum Gasteiger partial charge on any atom is 0.258 e. The van der Waals surface area contributed by atoms with Gasteiger partial charge >= 0.3 is 0 Å². The van der Waals surface area contributed by atoms with E-state index in [9.17, 15) is 9.18 Å². The lowest BCUT2D eigenvalue weighted by Gasteiger charge is -2.06. The number of halogens is 4. The standard InChI is InChI=1S/C17H11Cl3FN3O/c18-12-5-2-1-4-10(12)17(25)22-16-14(20)9-24(23-16)8-11-13(19)6-3-7-15(11)21/h1-7,9H,8H2,(H,22,23,25). The lowest BCUT2D eigenvalue weighted by atomic mass is 10.2. The van der Waals surface area contributed by atoms with Gasteiger partial charge in [-0.1, -0.05) is 53.0 Å². The second-order valence-corrected chi connectivity index (χ2v) is 6.38. The minimum absolute atomic E-state index is 0.0766. The van der Waals surface area contributed by atoms with Crippen molar-refractivity contribution in [1.82, 2.24) is 9.78 Å². The molecule has 2 aromatic carbocycles. The number of nitrogens with zero attached hydrogens (tertiary/aromatic N) is 2. The molecule has 3 rings (SSSR count). The highest BCUT2D eigenvalue weighted by molar-refractivity contribution is 6.35. The number of anilines is 1. The molecule has 0 bridgehead atoms. The molecule has 8 heteroatoms. The van der Waals surface area contributed by atoms with E-state index in [4.69, 9.17) is 34.8 Å². The Labute approximate surface area is 158 Å². The number of carbonyl (C=O) groups is 1. The first-order valence-electron chi connectivity index (χ1n) is 7.17. The minimum Gasteiger partial charge on any atom is -0.304 e. The lowest BCUT2D eigenvalue weighted by Crippen LogP contribution is -2.13. The van der Waals surface area contributed by atoms with Crippen molar-refractivity contribution in [2.45, 2.75) is 6.54 Å². The Bertz CT molecular complexity index is 922. The van der Waals surface area contributed by atoms with Crippen LogP contribution in [0.4, 0.5) is 10.2 Å². The Morgan fingerprint density at radius 3 is 2.48 bits per heavy atom. The summed E-state index contributed by atoms with van der Waals surface area (Å²) in [5.74, 6) is -0.735. The average molecular weight is 399 g/mol. The summed E-state index contributed by atoms with van der Waals surface area (Å²) in [7, 11) is 0. The summed E-state index contributed by atoms with van der Waals surface area (Å²) < 4.78 is 15.3. The quantitative estimate of drug-likeness (QED) is 0.649. The Hall–Kier alpha value is -2.08. The van der Waals surface area contributed by atoms with Crippen LogP contribution in [0.5, 0.6) is 0 Å². The molecule has 0 aliphatic heterocycles. The summed E-state index contributed by atoms with van der Waals surface area (Å²) in [5, 5.41) is 7.57. The van der Waals surface area contributed by atoms with Crippen molar-refractivity contribution in [2.75, 3.05) is 5.32 Å². The lowest BCUT2D eigenvalue weighted by molar-refractivity contribution is 0.102. The zero-order valence-corrected chi connectivity index (χ0v) is 14.9. The topological polar surface area (TPSA) is 46.9 Å². The Morgan fingerprint density at radius 2 is 1.76 bits per heavy atom. The van der Waals surface area contributed by atoms with Crippen molar-refractivity contribution in [3.8, 4) is 0 Å². The first-order valence-corrected chi connectivity index (χ1v) is 8.31. The van der Waals surface area contributed by atoms with Crippen molar-refractivity contribution in [2.24, 2.45) is 0 Å². The Morgan fingerprint density at radius 1 is 1.04 bits per heavy atom. The molecule has 1 amide bonds. The van der Waals surface area contributed by atoms with Crippen LogP contribution in [0.3, 0.4) is 0 Å². The summed E-state index contributed by atoms with van der Waals surface area (Å²) >= 11 is 18.1. The van der Waals surface area contributed by atoms with E-state index < -0.39 is 11.7 Å². The van der Waals surface area contributed by atoms with Crippen LogP contribution in [0.25, 0.3) is 0 Å². The number of carbonyl (C=O) groups excluding carboxylic acids is 1. The van der Waals surface area contributed by atoms with Crippen molar-refractivity contribution in [3.63, 3.8) is 0 Å². The van der Waals surface area contributed by atoms with E-state index in [0.717, 1.165) is 0 Å². The highest BCUT2D eigenvalue weighted by atomic mass is 35.5. The molecule has 4 nitrogen and oxygen atoms in total. The molecule has 128 valence electrons. The predicted octanol–water partition coefficient (Wildman–Crippen LogP) is 5.28. The van der Waals surface area contributed by atoms with Crippen LogP contribution in [0, 0.1) is 5.82 Å². The third kappa shape index (κ3) is 3.95. The van der Waals surface area contributed by atoms with E-state index in [1.165, 1.54) is 23.0 Å². The maximum absolute atomic E-state index is 13.9. The molecule has 0 unspecified atom stereocenters. The predicted molar refractivity (Wildman–Crippen MR) is 97.2 cm³/mol. The van der Waals surface area contributed by atoms with Gasteiger partial charge in [-0.05, 0) is 24.3 Å². The third-order valence-electron chi connectivity index (χ3n) is 3.45. The fourth-order valence-corrected chi connectivity index (χ4v) is 2.87. The van der Waals surface area contributed by atoms with E-state index in [-0.39, 0.29) is 28.0 Å². The Kier molecular flexibility index (Phi) is 5.27. The van der Waals surface area contributed by atoms with Gasteiger partial charge in [0.15, 0.2) is 5.82 Å². The first-order chi connectivity index (χ1) is 12.0. The minimum atomic E-state index is -0.444. The SMILES string of the molecule is O=C(Nc1nn(Cc2c(F)cccc2Cl)cc1Cl)c1ccccc1Cl. The van der Waals surface area contributed by atoms with Crippen LogP contribution in [-0.4, -0.2) is 15.7 Å². The molecule has 0 saturated carbocycles. The molecule has 1 heterocycles. The van der Waals surface area contributed by atoms with Gasteiger partial charge < -0.3 is 5.32 Å². The number of benzene rings is 2. The van der Waals surface area contributed by atoms with Crippen LogP contribution in [0.1, 0.15) is 15.9 Å². The fraction of sp³-hybridized carbons (Fsp3) is 0.0588. The van der Waals surface area contributed by atoms with Gasteiger partial charge in [0.1, 0.15) is 10.8 Å². The zero-order chi connectivity index (χ0) is 18.0. The van der Waals surface area contributed by atoms with Crippen molar-refractivity contribution in [1.29, 1.82) is 0 Å². The van der Waals surface area contributed by atoms with Crippen LogP contribution >= 0.6 is 34.8 Å². The van der Waals surface area contributed by atoms with Crippen LogP contribution in [0.2, 0.25) is 15.1 Å². The van der Waals surface area contributed by atoms with Crippen LogP contribution in [0.15, 0.2) is 48.7 Å². The average Bonchev–Trinajstić information content (AvgIpc) is 2.91. The number of hydrogen-bond donors (Lipinski definition) is 1. The van der Waals surface area contributed by atoms with Gasteiger partial charge in [0, 0.05) is 16.8 Å². The van der Waals surface area contributed by atoms with E-state index >= 15 is 0 Å². The summed E-state index contributed by atoms with van der Waals surface area (Å²) in [6.07, 6.45) is 1.48. The van der Waals surface area contributed by atoms with E-state index in [1.54, 1.807) is 30.3 Å². The molecule has 1 N–H and O–H groups in total. The number of aromatic nitrogens is 2. The molecule has 0 spiro atoms. The van der Waals surface area contributed by atoms with Gasteiger partial charge in [-0.15, -0.1) is 0 Å². The number of rotatable bonds is 4. The summed E-state index contributed by atoms with van der Waals surface area (Å²) in [5.41, 5.74) is 0.583. The molecule has 0 aliphatic carbocycles. The number of hydrogen-bond acceptors (Lipinski definition) is 2. The fourth-order valence-electron chi connectivity index (χ4n) is 2.23. The monoisotopic (exact) mass is 397 g/mol. The van der Waals surface area contributed by atoms with Gasteiger partial charge in [0.2, 0.25) is 0 Å². The molecular formula is C17H11Cl3FN3O. The van der Waals surface area contributed by atoms with Gasteiger partial charge in [-0.25, -0.2) is 4.39 Å². The van der Waals surface area contributed by atoms with E-state index in [0.29, 0.717) is 10.6 Å². The van der Waals surface area contributed by atoms with Crippen molar-refractivity contribution < 1.29 is 9.18 Å². The van der Waals surface area contributed by atoms with Crippen molar-refractivity contribution >= 4 is 46.5 Å². The second-order valence-electron chi connectivity index (χ2n) is 5.16. The molecule has 1 aromatic heterocycles. The van der Waals surface area contributed by atoms with Gasteiger partial charge in [0.25, 0.3) is 5.91 Å². The molecular weight excluding hydrogens is 388 g/mol. The molecule has 3 aromatic rings. The molecule has 0 saturated heterocycles. The smallest absolute Gasteiger partial charge is 0.258 e. The second kappa shape index (κ2) is 7.44. The number of amides is 1. The first kappa shape index (κ1) is 17.7.